The van der Waals surface area contributed by atoms with Crippen LogP contribution in [0.15, 0.2) is 30.3 Å². The molecule has 2 aromatic rings. The number of benzene rings is 1. The molecule has 1 amide bonds. The molecule has 0 spiro atoms. The van der Waals surface area contributed by atoms with E-state index in [9.17, 15) is 4.79 Å². The topological polar surface area (TPSA) is 61.0 Å². The van der Waals surface area contributed by atoms with E-state index < -0.39 is 0 Å². The number of carbonyl (C=O) groups is 1. The van der Waals surface area contributed by atoms with Gasteiger partial charge in [0.1, 0.15) is 5.69 Å². The highest BCUT2D eigenvalue weighted by Crippen LogP contribution is 2.39. The van der Waals surface area contributed by atoms with Crippen molar-refractivity contribution in [1.82, 2.24) is 20.4 Å². The second-order valence-corrected chi connectivity index (χ2v) is 6.63. The number of H-pyrrole nitrogens is 1. The van der Waals surface area contributed by atoms with Gasteiger partial charge in [-0.25, -0.2) is 0 Å². The molecule has 1 aliphatic heterocycles. The lowest BCUT2D eigenvalue weighted by Crippen LogP contribution is -2.48. The Bertz CT molecular complexity index is 729. The minimum absolute atomic E-state index is 0. The first-order valence-electron chi connectivity index (χ1n) is 8.05. The van der Waals surface area contributed by atoms with Gasteiger partial charge < -0.3 is 10.2 Å². The highest BCUT2D eigenvalue weighted by Gasteiger charge is 2.32. The average Bonchev–Trinajstić information content (AvgIpc) is 3.32. The highest BCUT2D eigenvalue weighted by atomic mass is 35.5. The molecule has 2 N–H and O–H groups in total. The van der Waals surface area contributed by atoms with Gasteiger partial charge in [0.2, 0.25) is 0 Å². The third-order valence-electron chi connectivity index (χ3n) is 4.60. The fourth-order valence-electron chi connectivity index (χ4n) is 3.17. The summed E-state index contributed by atoms with van der Waals surface area (Å²) < 4.78 is 0. The van der Waals surface area contributed by atoms with Gasteiger partial charge in [0, 0.05) is 36.3 Å². The number of halogens is 2. The van der Waals surface area contributed by atoms with Crippen molar-refractivity contribution in [1.29, 1.82) is 0 Å². The van der Waals surface area contributed by atoms with Gasteiger partial charge in [0.25, 0.3) is 5.91 Å². The van der Waals surface area contributed by atoms with E-state index in [0.717, 1.165) is 17.8 Å². The van der Waals surface area contributed by atoms with Crippen molar-refractivity contribution in [2.75, 3.05) is 19.6 Å². The summed E-state index contributed by atoms with van der Waals surface area (Å²) in [6, 6.07) is 9.56. The number of rotatable bonds is 3. The fourth-order valence-corrected chi connectivity index (χ4v) is 3.43. The molecular weight excluding hydrogens is 347 g/mol. The van der Waals surface area contributed by atoms with Crippen molar-refractivity contribution in [3.63, 3.8) is 0 Å². The summed E-state index contributed by atoms with van der Waals surface area (Å²) in [6.45, 7) is 2.14. The van der Waals surface area contributed by atoms with Crippen LogP contribution in [-0.4, -0.2) is 40.6 Å². The summed E-state index contributed by atoms with van der Waals surface area (Å²) in [5.41, 5.74) is 2.57. The molecule has 2 aliphatic rings. The number of nitrogens with zero attached hydrogens (tertiary/aromatic N) is 2. The van der Waals surface area contributed by atoms with Crippen LogP contribution in [0.2, 0.25) is 5.02 Å². The Morgan fingerprint density at radius 2 is 2.08 bits per heavy atom. The SMILES string of the molecule is Cl.O=C(c1cc(C2CC2)[nH]n1)N1CCNCC1c1ccccc1Cl. The molecule has 1 saturated carbocycles. The number of aromatic amines is 1. The number of hydrogen-bond donors (Lipinski definition) is 2. The molecule has 2 heterocycles. The van der Waals surface area contributed by atoms with Crippen LogP contribution < -0.4 is 5.32 Å². The van der Waals surface area contributed by atoms with Crippen LogP contribution in [0.4, 0.5) is 0 Å². The Morgan fingerprint density at radius 1 is 1.29 bits per heavy atom. The van der Waals surface area contributed by atoms with E-state index in [1.54, 1.807) is 0 Å². The summed E-state index contributed by atoms with van der Waals surface area (Å²) in [5.74, 6) is 0.533. The van der Waals surface area contributed by atoms with E-state index in [4.69, 9.17) is 11.6 Å². The molecule has 1 aromatic heterocycles. The molecule has 1 unspecified atom stereocenters. The van der Waals surface area contributed by atoms with Gasteiger partial charge in [0.15, 0.2) is 0 Å². The quantitative estimate of drug-likeness (QED) is 0.876. The predicted octanol–water partition coefficient (Wildman–Crippen LogP) is 3.15. The number of amides is 1. The predicted molar refractivity (Wildman–Crippen MR) is 95.9 cm³/mol. The standard InChI is InChI=1S/C17H19ClN4O.ClH/c18-13-4-2-1-3-12(13)16-10-19-7-8-22(16)17(23)15-9-14(20-21-15)11-5-6-11;/h1-4,9,11,16,19H,5-8,10H2,(H,20,21);1H. The molecule has 128 valence electrons. The Morgan fingerprint density at radius 3 is 2.83 bits per heavy atom. The van der Waals surface area contributed by atoms with Gasteiger partial charge in [-0.3, -0.25) is 9.89 Å². The molecule has 0 radical (unpaired) electrons. The summed E-state index contributed by atoms with van der Waals surface area (Å²) in [7, 11) is 0. The maximum absolute atomic E-state index is 12.9. The molecule has 0 bridgehead atoms. The van der Waals surface area contributed by atoms with E-state index in [0.29, 0.717) is 29.7 Å². The normalized spacial score (nSPS) is 20.5. The van der Waals surface area contributed by atoms with E-state index >= 15 is 0 Å². The molecule has 1 saturated heterocycles. The van der Waals surface area contributed by atoms with Crippen molar-refractivity contribution in [2.45, 2.75) is 24.8 Å². The smallest absolute Gasteiger partial charge is 0.274 e. The Labute approximate surface area is 152 Å². The summed E-state index contributed by atoms with van der Waals surface area (Å²) in [6.07, 6.45) is 2.37. The molecule has 2 fully saturated rings. The molecule has 5 nitrogen and oxygen atoms in total. The van der Waals surface area contributed by atoms with Crippen LogP contribution in [0.25, 0.3) is 0 Å². The molecular formula is C17H20Cl2N4O. The zero-order valence-corrected chi connectivity index (χ0v) is 14.7. The monoisotopic (exact) mass is 366 g/mol. The minimum atomic E-state index is -0.0639. The maximum Gasteiger partial charge on any atom is 0.274 e. The summed E-state index contributed by atoms with van der Waals surface area (Å²) in [5, 5.41) is 11.3. The lowest BCUT2D eigenvalue weighted by Gasteiger charge is -2.36. The van der Waals surface area contributed by atoms with Gasteiger partial charge in [-0.1, -0.05) is 29.8 Å². The molecule has 1 aliphatic carbocycles. The van der Waals surface area contributed by atoms with Crippen molar-refractivity contribution in [3.8, 4) is 0 Å². The first-order chi connectivity index (χ1) is 11.2. The van der Waals surface area contributed by atoms with Crippen molar-refractivity contribution >= 4 is 29.9 Å². The molecule has 7 heteroatoms. The average molecular weight is 367 g/mol. The van der Waals surface area contributed by atoms with Crippen LogP contribution >= 0.6 is 24.0 Å². The zero-order valence-electron chi connectivity index (χ0n) is 13.2. The van der Waals surface area contributed by atoms with E-state index in [-0.39, 0.29) is 24.4 Å². The van der Waals surface area contributed by atoms with E-state index in [2.05, 4.69) is 15.5 Å². The Hall–Kier alpha value is -1.56. The Balaban J connectivity index is 0.00000169. The fraction of sp³-hybridized carbons (Fsp3) is 0.412. The van der Waals surface area contributed by atoms with Crippen LogP contribution in [0.3, 0.4) is 0 Å². The zero-order chi connectivity index (χ0) is 15.8. The third-order valence-corrected chi connectivity index (χ3v) is 4.95. The largest absolute Gasteiger partial charge is 0.328 e. The highest BCUT2D eigenvalue weighted by molar-refractivity contribution is 6.31. The van der Waals surface area contributed by atoms with Gasteiger partial charge in [-0.2, -0.15) is 5.10 Å². The number of carbonyl (C=O) groups excluding carboxylic acids is 1. The first-order valence-corrected chi connectivity index (χ1v) is 8.43. The minimum Gasteiger partial charge on any atom is -0.328 e. The van der Waals surface area contributed by atoms with Crippen LogP contribution in [-0.2, 0) is 0 Å². The molecule has 1 atom stereocenters. The van der Waals surface area contributed by atoms with Gasteiger partial charge in [-0.05, 0) is 30.5 Å². The lowest BCUT2D eigenvalue weighted by molar-refractivity contribution is 0.0628. The van der Waals surface area contributed by atoms with Crippen LogP contribution in [0.1, 0.15) is 46.5 Å². The van der Waals surface area contributed by atoms with Crippen molar-refractivity contribution < 1.29 is 4.79 Å². The van der Waals surface area contributed by atoms with E-state index in [1.807, 2.05) is 35.2 Å². The molecule has 24 heavy (non-hydrogen) atoms. The molecule has 4 rings (SSSR count). The number of nitrogens with one attached hydrogen (secondary N) is 2. The summed E-state index contributed by atoms with van der Waals surface area (Å²) in [4.78, 5) is 14.8. The van der Waals surface area contributed by atoms with Crippen LogP contribution in [0.5, 0.6) is 0 Å². The first kappa shape index (κ1) is 17.3. The third kappa shape index (κ3) is 3.29. The number of piperazine rings is 1. The lowest BCUT2D eigenvalue weighted by atomic mass is 10.0. The van der Waals surface area contributed by atoms with Crippen LogP contribution in [0, 0.1) is 0 Å². The second-order valence-electron chi connectivity index (χ2n) is 6.22. The Kier molecular flexibility index (Phi) is 5.13. The van der Waals surface area contributed by atoms with Gasteiger partial charge in [-0.15, -0.1) is 12.4 Å². The van der Waals surface area contributed by atoms with Gasteiger partial charge in [0.05, 0.1) is 6.04 Å². The van der Waals surface area contributed by atoms with Crippen molar-refractivity contribution in [2.24, 2.45) is 0 Å². The molecule has 1 aromatic carbocycles. The summed E-state index contributed by atoms with van der Waals surface area (Å²) >= 11 is 6.34. The van der Waals surface area contributed by atoms with Gasteiger partial charge >= 0.3 is 0 Å². The maximum atomic E-state index is 12.9. The second kappa shape index (κ2) is 7.13. The van der Waals surface area contributed by atoms with Crippen molar-refractivity contribution in [3.05, 3.63) is 52.3 Å². The number of hydrogen-bond acceptors (Lipinski definition) is 3. The number of aromatic nitrogens is 2. The van der Waals surface area contributed by atoms with E-state index in [1.165, 1.54) is 12.8 Å².